The first kappa shape index (κ1) is 13.3. The molecule has 1 aromatic heterocycles. The van der Waals surface area contributed by atoms with Crippen LogP contribution in [0.1, 0.15) is 26.0 Å². The molecule has 4 heteroatoms. The van der Waals surface area contributed by atoms with Crippen molar-refractivity contribution in [1.29, 1.82) is 0 Å². The van der Waals surface area contributed by atoms with Gasteiger partial charge in [-0.1, -0.05) is 19.9 Å². The van der Waals surface area contributed by atoms with Crippen LogP contribution < -0.4 is 10.1 Å². The Morgan fingerprint density at radius 3 is 3.11 bits per heavy atom. The van der Waals surface area contributed by atoms with Crippen LogP contribution in [0.15, 0.2) is 18.2 Å². The molecule has 1 aliphatic rings. The topological polar surface area (TPSA) is 43.4 Å². The SMILES string of the molecule is CC(C)NCc1cccc(OCC2CCOC2)n1. The lowest BCUT2D eigenvalue weighted by molar-refractivity contribution is 0.165. The number of nitrogens with zero attached hydrogens (tertiary/aromatic N) is 1. The summed E-state index contributed by atoms with van der Waals surface area (Å²) in [7, 11) is 0. The maximum atomic E-state index is 5.72. The van der Waals surface area contributed by atoms with E-state index < -0.39 is 0 Å². The number of hydrogen-bond acceptors (Lipinski definition) is 4. The van der Waals surface area contributed by atoms with E-state index in [1.54, 1.807) is 0 Å². The average molecular weight is 250 g/mol. The standard InChI is InChI=1S/C14H22N2O2/c1-11(2)15-8-13-4-3-5-14(16-13)18-10-12-6-7-17-9-12/h3-5,11-12,15H,6-10H2,1-2H3. The van der Waals surface area contributed by atoms with E-state index in [0.717, 1.165) is 31.9 Å². The van der Waals surface area contributed by atoms with E-state index in [0.29, 0.717) is 24.4 Å². The van der Waals surface area contributed by atoms with Crippen molar-refractivity contribution in [1.82, 2.24) is 10.3 Å². The lowest BCUT2D eigenvalue weighted by Crippen LogP contribution is -2.22. The van der Waals surface area contributed by atoms with Gasteiger partial charge in [0.15, 0.2) is 0 Å². The first-order chi connectivity index (χ1) is 8.74. The first-order valence-corrected chi connectivity index (χ1v) is 6.64. The van der Waals surface area contributed by atoms with E-state index >= 15 is 0 Å². The van der Waals surface area contributed by atoms with Crippen molar-refractivity contribution in [2.45, 2.75) is 32.9 Å². The third kappa shape index (κ3) is 4.27. The fourth-order valence-electron chi connectivity index (χ4n) is 1.86. The van der Waals surface area contributed by atoms with Gasteiger partial charge in [0.1, 0.15) is 0 Å². The minimum absolute atomic E-state index is 0.465. The van der Waals surface area contributed by atoms with Gasteiger partial charge in [0, 0.05) is 31.2 Å². The van der Waals surface area contributed by atoms with Crippen LogP contribution in [-0.4, -0.2) is 30.8 Å². The summed E-state index contributed by atoms with van der Waals surface area (Å²) in [5, 5.41) is 3.35. The number of aromatic nitrogens is 1. The largest absolute Gasteiger partial charge is 0.477 e. The highest BCUT2D eigenvalue weighted by Crippen LogP contribution is 2.15. The molecule has 18 heavy (non-hydrogen) atoms. The van der Waals surface area contributed by atoms with E-state index in [9.17, 15) is 0 Å². The van der Waals surface area contributed by atoms with Crippen LogP contribution in [0.2, 0.25) is 0 Å². The Morgan fingerprint density at radius 1 is 1.50 bits per heavy atom. The molecule has 0 bridgehead atoms. The quantitative estimate of drug-likeness (QED) is 0.838. The third-order valence-corrected chi connectivity index (χ3v) is 2.96. The maximum absolute atomic E-state index is 5.72. The summed E-state index contributed by atoms with van der Waals surface area (Å²) in [6.07, 6.45) is 1.09. The van der Waals surface area contributed by atoms with Crippen molar-refractivity contribution in [2.75, 3.05) is 19.8 Å². The van der Waals surface area contributed by atoms with E-state index in [1.165, 1.54) is 0 Å². The Bertz CT molecular complexity index is 363. The lowest BCUT2D eigenvalue weighted by atomic mass is 10.1. The molecule has 1 aromatic rings. The van der Waals surface area contributed by atoms with Gasteiger partial charge in [-0.25, -0.2) is 4.98 Å². The predicted octanol–water partition coefficient (Wildman–Crippen LogP) is 1.99. The lowest BCUT2D eigenvalue weighted by Gasteiger charge is -2.11. The van der Waals surface area contributed by atoms with Crippen molar-refractivity contribution < 1.29 is 9.47 Å². The Labute approximate surface area is 109 Å². The van der Waals surface area contributed by atoms with Gasteiger partial charge >= 0.3 is 0 Å². The minimum Gasteiger partial charge on any atom is -0.477 e. The molecule has 1 N–H and O–H groups in total. The van der Waals surface area contributed by atoms with Gasteiger partial charge in [0.2, 0.25) is 5.88 Å². The molecule has 0 amide bonds. The molecule has 0 radical (unpaired) electrons. The van der Waals surface area contributed by atoms with Crippen LogP contribution in [-0.2, 0) is 11.3 Å². The normalized spacial score (nSPS) is 19.4. The molecular weight excluding hydrogens is 228 g/mol. The van der Waals surface area contributed by atoms with Gasteiger partial charge < -0.3 is 14.8 Å². The van der Waals surface area contributed by atoms with E-state index in [1.807, 2.05) is 18.2 Å². The van der Waals surface area contributed by atoms with Crippen LogP contribution in [0.3, 0.4) is 0 Å². The van der Waals surface area contributed by atoms with Crippen LogP contribution in [0.25, 0.3) is 0 Å². The molecule has 0 spiro atoms. The summed E-state index contributed by atoms with van der Waals surface area (Å²) in [6.45, 7) is 7.41. The highest BCUT2D eigenvalue weighted by atomic mass is 16.5. The number of nitrogens with one attached hydrogen (secondary N) is 1. The molecule has 0 aromatic carbocycles. The van der Waals surface area contributed by atoms with Crippen LogP contribution >= 0.6 is 0 Å². The summed E-state index contributed by atoms with van der Waals surface area (Å²) in [5.41, 5.74) is 1.02. The van der Waals surface area contributed by atoms with Gasteiger partial charge in [0.05, 0.1) is 18.9 Å². The molecule has 2 rings (SSSR count). The van der Waals surface area contributed by atoms with Crippen molar-refractivity contribution >= 4 is 0 Å². The molecule has 1 saturated heterocycles. The number of hydrogen-bond donors (Lipinski definition) is 1. The molecule has 2 heterocycles. The van der Waals surface area contributed by atoms with Gasteiger partial charge in [-0.15, -0.1) is 0 Å². The second-order valence-electron chi connectivity index (χ2n) is 5.04. The van der Waals surface area contributed by atoms with Crippen molar-refractivity contribution in [3.05, 3.63) is 23.9 Å². The van der Waals surface area contributed by atoms with E-state index in [-0.39, 0.29) is 0 Å². The highest BCUT2D eigenvalue weighted by molar-refractivity contribution is 5.15. The van der Waals surface area contributed by atoms with E-state index in [2.05, 4.69) is 24.1 Å². The van der Waals surface area contributed by atoms with Crippen LogP contribution in [0.4, 0.5) is 0 Å². The molecule has 0 saturated carbocycles. The zero-order valence-electron chi connectivity index (χ0n) is 11.2. The molecule has 0 aliphatic carbocycles. The summed E-state index contributed by atoms with van der Waals surface area (Å²) in [4.78, 5) is 4.48. The van der Waals surface area contributed by atoms with Crippen molar-refractivity contribution in [3.8, 4) is 5.88 Å². The molecular formula is C14H22N2O2. The molecule has 100 valence electrons. The fraction of sp³-hybridized carbons (Fsp3) is 0.643. The number of ether oxygens (including phenoxy) is 2. The Kier molecular flexibility index (Phi) is 4.96. The fourth-order valence-corrected chi connectivity index (χ4v) is 1.86. The third-order valence-electron chi connectivity index (χ3n) is 2.96. The second-order valence-corrected chi connectivity index (χ2v) is 5.04. The van der Waals surface area contributed by atoms with Crippen LogP contribution in [0.5, 0.6) is 5.88 Å². The van der Waals surface area contributed by atoms with Crippen LogP contribution in [0, 0.1) is 5.92 Å². The molecule has 4 nitrogen and oxygen atoms in total. The summed E-state index contributed by atoms with van der Waals surface area (Å²) >= 11 is 0. The summed E-state index contributed by atoms with van der Waals surface area (Å²) < 4.78 is 11.0. The number of pyridine rings is 1. The monoisotopic (exact) mass is 250 g/mol. The Balaban J connectivity index is 1.82. The number of rotatable bonds is 6. The Morgan fingerprint density at radius 2 is 2.39 bits per heavy atom. The molecule has 1 atom stereocenters. The molecule has 1 unspecified atom stereocenters. The van der Waals surface area contributed by atoms with Gasteiger partial charge in [-0.2, -0.15) is 0 Å². The Hall–Kier alpha value is -1.13. The first-order valence-electron chi connectivity index (χ1n) is 6.64. The summed E-state index contributed by atoms with van der Waals surface area (Å²) in [6, 6.07) is 6.38. The predicted molar refractivity (Wildman–Crippen MR) is 70.6 cm³/mol. The van der Waals surface area contributed by atoms with Gasteiger partial charge in [-0.05, 0) is 12.5 Å². The highest BCUT2D eigenvalue weighted by Gasteiger charge is 2.16. The zero-order valence-corrected chi connectivity index (χ0v) is 11.2. The molecule has 1 fully saturated rings. The zero-order chi connectivity index (χ0) is 12.8. The van der Waals surface area contributed by atoms with Crippen molar-refractivity contribution in [3.63, 3.8) is 0 Å². The average Bonchev–Trinajstić information content (AvgIpc) is 2.87. The molecule has 1 aliphatic heterocycles. The second kappa shape index (κ2) is 6.71. The summed E-state index contributed by atoms with van der Waals surface area (Å²) in [5.74, 6) is 1.23. The van der Waals surface area contributed by atoms with Gasteiger partial charge in [0.25, 0.3) is 0 Å². The minimum atomic E-state index is 0.465. The maximum Gasteiger partial charge on any atom is 0.213 e. The van der Waals surface area contributed by atoms with Crippen molar-refractivity contribution in [2.24, 2.45) is 5.92 Å². The van der Waals surface area contributed by atoms with Gasteiger partial charge in [-0.3, -0.25) is 0 Å². The van der Waals surface area contributed by atoms with E-state index in [4.69, 9.17) is 9.47 Å². The smallest absolute Gasteiger partial charge is 0.213 e.